The van der Waals surface area contributed by atoms with E-state index in [1.54, 1.807) is 25.3 Å². The van der Waals surface area contributed by atoms with Gasteiger partial charge in [0, 0.05) is 6.07 Å². The maximum absolute atomic E-state index is 13.0. The summed E-state index contributed by atoms with van der Waals surface area (Å²) in [5, 5.41) is 3.81. The summed E-state index contributed by atoms with van der Waals surface area (Å²) >= 11 is 5.83. The minimum Gasteiger partial charge on any atom is -0.497 e. The van der Waals surface area contributed by atoms with Gasteiger partial charge in [-0.1, -0.05) is 16.8 Å². The zero-order valence-corrected chi connectivity index (χ0v) is 15.1. The second kappa shape index (κ2) is 8.05. The number of rotatable bonds is 6. The summed E-state index contributed by atoms with van der Waals surface area (Å²) in [7, 11) is 3.05. The Morgan fingerprint density at radius 2 is 2.00 bits per heavy atom. The number of hydrogen-bond donors (Lipinski definition) is 0. The van der Waals surface area contributed by atoms with Gasteiger partial charge in [-0.25, -0.2) is 9.18 Å². The predicted molar refractivity (Wildman–Crippen MR) is 93.4 cm³/mol. The van der Waals surface area contributed by atoms with Crippen LogP contribution in [0.1, 0.15) is 16.2 Å². The molecular formula is C18H14ClFN2O5. The van der Waals surface area contributed by atoms with Crippen molar-refractivity contribution in [2.75, 3.05) is 14.2 Å². The van der Waals surface area contributed by atoms with Crippen molar-refractivity contribution in [2.45, 2.75) is 6.61 Å². The average molecular weight is 393 g/mol. The van der Waals surface area contributed by atoms with E-state index in [-0.39, 0.29) is 28.9 Å². The van der Waals surface area contributed by atoms with Crippen molar-refractivity contribution in [3.05, 3.63) is 58.7 Å². The predicted octanol–water partition coefficient (Wildman–Crippen LogP) is 3.90. The lowest BCUT2D eigenvalue weighted by Gasteiger charge is -2.07. The highest BCUT2D eigenvalue weighted by molar-refractivity contribution is 6.33. The summed E-state index contributed by atoms with van der Waals surface area (Å²) in [6.45, 7) is -0.266. The molecule has 9 heteroatoms. The largest absolute Gasteiger partial charge is 0.497 e. The zero-order chi connectivity index (χ0) is 19.4. The molecule has 7 nitrogen and oxygen atoms in total. The van der Waals surface area contributed by atoms with Crippen molar-refractivity contribution in [3.63, 3.8) is 0 Å². The Morgan fingerprint density at radius 3 is 2.70 bits per heavy atom. The average Bonchev–Trinajstić information content (AvgIpc) is 3.14. The van der Waals surface area contributed by atoms with Crippen molar-refractivity contribution in [2.24, 2.45) is 0 Å². The van der Waals surface area contributed by atoms with Gasteiger partial charge in [0.15, 0.2) is 6.61 Å². The number of hydrogen-bond acceptors (Lipinski definition) is 7. The molecule has 140 valence electrons. The number of ether oxygens (including phenoxy) is 3. The fourth-order valence-corrected chi connectivity index (χ4v) is 2.51. The fourth-order valence-electron chi connectivity index (χ4n) is 2.27. The molecule has 3 aromatic rings. The number of carbonyl (C=O) groups is 1. The Hall–Kier alpha value is -3.13. The van der Waals surface area contributed by atoms with Gasteiger partial charge in [0.2, 0.25) is 5.82 Å². The first-order valence-corrected chi connectivity index (χ1v) is 8.06. The molecule has 0 aliphatic rings. The Bertz CT molecular complexity index is 976. The molecular weight excluding hydrogens is 379 g/mol. The van der Waals surface area contributed by atoms with Crippen LogP contribution in [-0.2, 0) is 11.3 Å². The van der Waals surface area contributed by atoms with Crippen molar-refractivity contribution in [1.29, 1.82) is 0 Å². The highest BCUT2D eigenvalue weighted by atomic mass is 35.5. The van der Waals surface area contributed by atoms with E-state index in [2.05, 4.69) is 10.1 Å². The summed E-state index contributed by atoms with van der Waals surface area (Å²) in [6.07, 6.45) is 0. The van der Waals surface area contributed by atoms with Crippen LogP contribution < -0.4 is 9.47 Å². The number of nitrogens with zero attached hydrogens (tertiary/aromatic N) is 2. The summed E-state index contributed by atoms with van der Waals surface area (Å²) < 4.78 is 33.7. The summed E-state index contributed by atoms with van der Waals surface area (Å²) in [6, 6.07) is 8.51. The summed E-state index contributed by atoms with van der Waals surface area (Å²) in [4.78, 5) is 16.2. The number of aromatic nitrogens is 2. The molecule has 0 N–H and O–H groups in total. The van der Waals surface area contributed by atoms with Crippen LogP contribution in [0.4, 0.5) is 4.39 Å². The first kappa shape index (κ1) is 18.7. The standard InChI is InChI=1S/C18H14ClFN2O5/c1-24-11-4-6-13(15(8-11)25-2)17-21-16(27-22-17)9-26-18(23)12-5-3-10(20)7-14(12)19/h3-8H,9H2,1-2H3. The van der Waals surface area contributed by atoms with E-state index in [1.165, 1.54) is 13.2 Å². The Balaban J connectivity index is 1.72. The third-order valence-corrected chi connectivity index (χ3v) is 3.91. The maximum Gasteiger partial charge on any atom is 0.340 e. The van der Waals surface area contributed by atoms with Gasteiger partial charge in [-0.2, -0.15) is 4.98 Å². The number of carbonyl (C=O) groups excluding carboxylic acids is 1. The van der Waals surface area contributed by atoms with E-state index >= 15 is 0 Å². The van der Waals surface area contributed by atoms with Gasteiger partial charge < -0.3 is 18.7 Å². The van der Waals surface area contributed by atoms with E-state index < -0.39 is 11.8 Å². The molecule has 0 radical (unpaired) electrons. The van der Waals surface area contributed by atoms with Crippen molar-refractivity contribution < 1.29 is 27.9 Å². The number of benzene rings is 2. The second-order valence-corrected chi connectivity index (χ2v) is 5.69. The van der Waals surface area contributed by atoms with Crippen LogP contribution in [0.2, 0.25) is 5.02 Å². The maximum atomic E-state index is 13.0. The molecule has 0 aliphatic carbocycles. The van der Waals surface area contributed by atoms with Gasteiger partial charge >= 0.3 is 5.97 Å². The minimum absolute atomic E-state index is 0.0367. The van der Waals surface area contributed by atoms with Crippen LogP contribution in [0.15, 0.2) is 40.9 Å². The quantitative estimate of drug-likeness (QED) is 0.588. The SMILES string of the molecule is COc1ccc(-c2noc(COC(=O)c3ccc(F)cc3Cl)n2)c(OC)c1. The van der Waals surface area contributed by atoms with Gasteiger partial charge in [0.1, 0.15) is 17.3 Å². The van der Waals surface area contributed by atoms with Gasteiger partial charge in [-0.15, -0.1) is 0 Å². The van der Waals surface area contributed by atoms with Gasteiger partial charge in [-0.05, 0) is 30.3 Å². The van der Waals surface area contributed by atoms with E-state index in [0.29, 0.717) is 17.1 Å². The van der Waals surface area contributed by atoms with Crippen LogP contribution in [0.3, 0.4) is 0 Å². The van der Waals surface area contributed by atoms with Gasteiger partial charge in [0.05, 0.1) is 30.4 Å². The van der Waals surface area contributed by atoms with Crippen LogP contribution in [0, 0.1) is 5.82 Å². The van der Waals surface area contributed by atoms with E-state index in [1.807, 2.05) is 0 Å². The molecule has 1 aromatic heterocycles. The molecule has 2 aromatic carbocycles. The molecule has 0 fully saturated rings. The van der Waals surface area contributed by atoms with Crippen LogP contribution in [-0.4, -0.2) is 30.3 Å². The van der Waals surface area contributed by atoms with Crippen molar-refractivity contribution in [1.82, 2.24) is 10.1 Å². The topological polar surface area (TPSA) is 83.7 Å². The lowest BCUT2D eigenvalue weighted by atomic mass is 10.2. The third-order valence-electron chi connectivity index (χ3n) is 3.60. The summed E-state index contributed by atoms with van der Waals surface area (Å²) in [5.74, 6) is 0.171. The van der Waals surface area contributed by atoms with Crippen molar-refractivity contribution >= 4 is 17.6 Å². The molecule has 27 heavy (non-hydrogen) atoms. The van der Waals surface area contributed by atoms with Crippen LogP contribution >= 0.6 is 11.6 Å². The molecule has 0 spiro atoms. The van der Waals surface area contributed by atoms with E-state index in [4.69, 9.17) is 30.3 Å². The van der Waals surface area contributed by atoms with Gasteiger partial charge in [-0.3, -0.25) is 0 Å². The smallest absolute Gasteiger partial charge is 0.340 e. The number of esters is 1. The number of halogens is 2. The highest BCUT2D eigenvalue weighted by Gasteiger charge is 2.17. The minimum atomic E-state index is -0.734. The monoisotopic (exact) mass is 392 g/mol. The molecule has 0 aliphatic heterocycles. The zero-order valence-electron chi connectivity index (χ0n) is 14.4. The molecule has 0 saturated carbocycles. The second-order valence-electron chi connectivity index (χ2n) is 5.28. The lowest BCUT2D eigenvalue weighted by molar-refractivity contribution is 0.0430. The fraction of sp³-hybridized carbons (Fsp3) is 0.167. The normalized spacial score (nSPS) is 10.5. The molecule has 3 rings (SSSR count). The molecule has 0 bridgehead atoms. The molecule has 0 unspecified atom stereocenters. The molecule has 1 heterocycles. The third kappa shape index (κ3) is 4.17. The lowest BCUT2D eigenvalue weighted by Crippen LogP contribution is -2.06. The molecule has 0 amide bonds. The number of methoxy groups -OCH3 is 2. The van der Waals surface area contributed by atoms with E-state index in [0.717, 1.165) is 12.1 Å². The Morgan fingerprint density at radius 1 is 1.19 bits per heavy atom. The summed E-state index contributed by atoms with van der Waals surface area (Å²) in [5.41, 5.74) is 0.621. The Kier molecular flexibility index (Phi) is 5.56. The molecule has 0 saturated heterocycles. The van der Waals surface area contributed by atoms with Crippen LogP contribution in [0.5, 0.6) is 11.5 Å². The first-order chi connectivity index (χ1) is 13.0. The molecule has 0 atom stereocenters. The van der Waals surface area contributed by atoms with E-state index in [9.17, 15) is 9.18 Å². The van der Waals surface area contributed by atoms with Gasteiger partial charge in [0.25, 0.3) is 5.89 Å². The van der Waals surface area contributed by atoms with Crippen molar-refractivity contribution in [3.8, 4) is 22.9 Å². The van der Waals surface area contributed by atoms with Crippen LogP contribution in [0.25, 0.3) is 11.4 Å². The first-order valence-electron chi connectivity index (χ1n) is 7.69. The highest BCUT2D eigenvalue weighted by Crippen LogP contribution is 2.31. The Labute approximate surface area is 158 Å².